The third kappa shape index (κ3) is 6.13. The summed E-state index contributed by atoms with van der Waals surface area (Å²) in [5.41, 5.74) is 15.3. The van der Waals surface area contributed by atoms with Crippen LogP contribution in [0.4, 0.5) is 11.4 Å². The molecule has 292 valence electrons. The van der Waals surface area contributed by atoms with Crippen molar-refractivity contribution in [2.75, 3.05) is 4.90 Å². The SMILES string of the molecule is C1=CC2C(c3ccccc3N2c2cccc(-c3ccc(-c4ccccc4)cc3)c2)c2c1oc1c(-c3nc(-c4ccccc4)nc(-c4cccc(-c5ccccc5)c4)n3)cccc21. The summed E-state index contributed by atoms with van der Waals surface area (Å²) >= 11 is 0. The van der Waals surface area contributed by atoms with Crippen LogP contribution in [0.1, 0.15) is 22.8 Å². The molecule has 8 aromatic carbocycles. The van der Waals surface area contributed by atoms with E-state index in [9.17, 15) is 0 Å². The Morgan fingerprint density at radius 2 is 0.952 bits per heavy atom. The number of nitrogens with zero attached hydrogens (tertiary/aromatic N) is 4. The fourth-order valence-electron chi connectivity index (χ4n) is 9.39. The van der Waals surface area contributed by atoms with Gasteiger partial charge in [-0.15, -0.1) is 0 Å². The van der Waals surface area contributed by atoms with Crippen LogP contribution in [0.3, 0.4) is 0 Å². The molecule has 5 heteroatoms. The van der Waals surface area contributed by atoms with E-state index in [0.717, 1.165) is 50.2 Å². The minimum atomic E-state index is 0.0467. The molecule has 2 aliphatic rings. The molecule has 0 saturated carbocycles. The van der Waals surface area contributed by atoms with Crippen LogP contribution in [0.5, 0.6) is 0 Å². The summed E-state index contributed by atoms with van der Waals surface area (Å²) in [6.07, 6.45) is 4.47. The summed E-state index contributed by atoms with van der Waals surface area (Å²) in [6, 6.07) is 72.5. The third-order valence-corrected chi connectivity index (χ3v) is 12.3. The Morgan fingerprint density at radius 3 is 1.69 bits per heavy atom. The van der Waals surface area contributed by atoms with Crippen LogP contribution in [0.15, 0.2) is 217 Å². The molecular formula is C57H38N4O. The quantitative estimate of drug-likeness (QED) is 0.161. The highest BCUT2D eigenvalue weighted by molar-refractivity contribution is 5.97. The lowest BCUT2D eigenvalue weighted by molar-refractivity contribution is 0.584. The molecule has 62 heavy (non-hydrogen) atoms. The lowest BCUT2D eigenvalue weighted by atomic mass is 9.82. The van der Waals surface area contributed by atoms with Gasteiger partial charge >= 0.3 is 0 Å². The van der Waals surface area contributed by atoms with Crippen molar-refractivity contribution < 1.29 is 4.42 Å². The summed E-state index contributed by atoms with van der Waals surface area (Å²) in [6.45, 7) is 0. The summed E-state index contributed by atoms with van der Waals surface area (Å²) in [4.78, 5) is 17.9. The van der Waals surface area contributed by atoms with Crippen molar-refractivity contribution in [3.63, 3.8) is 0 Å². The molecular weight excluding hydrogens is 757 g/mol. The molecule has 0 amide bonds. The van der Waals surface area contributed by atoms with Crippen molar-refractivity contribution >= 4 is 28.4 Å². The van der Waals surface area contributed by atoms with Crippen LogP contribution in [-0.2, 0) is 0 Å². The molecule has 2 unspecified atom stereocenters. The second-order valence-electron chi connectivity index (χ2n) is 15.9. The molecule has 5 nitrogen and oxygen atoms in total. The molecule has 0 radical (unpaired) electrons. The minimum absolute atomic E-state index is 0.0467. The van der Waals surface area contributed by atoms with Gasteiger partial charge in [-0.3, -0.25) is 0 Å². The van der Waals surface area contributed by atoms with E-state index in [1.54, 1.807) is 0 Å². The molecule has 3 heterocycles. The molecule has 2 aromatic heterocycles. The summed E-state index contributed by atoms with van der Waals surface area (Å²) in [5, 5.41) is 1.06. The van der Waals surface area contributed by atoms with Crippen molar-refractivity contribution in [1.82, 2.24) is 15.0 Å². The van der Waals surface area contributed by atoms with E-state index < -0.39 is 0 Å². The maximum atomic E-state index is 6.92. The molecule has 2 atom stereocenters. The van der Waals surface area contributed by atoms with E-state index in [2.05, 4.69) is 187 Å². The molecule has 10 aromatic rings. The number of anilines is 2. The van der Waals surface area contributed by atoms with E-state index in [1.165, 1.54) is 39.1 Å². The number of aromatic nitrogens is 3. The molecule has 0 N–H and O–H groups in total. The number of rotatable bonds is 7. The highest BCUT2D eigenvalue weighted by Crippen LogP contribution is 2.54. The van der Waals surface area contributed by atoms with Crippen molar-refractivity contribution in [3.05, 3.63) is 229 Å². The van der Waals surface area contributed by atoms with Gasteiger partial charge in [-0.1, -0.05) is 182 Å². The van der Waals surface area contributed by atoms with Crippen molar-refractivity contribution in [2.45, 2.75) is 12.0 Å². The van der Waals surface area contributed by atoms with Gasteiger partial charge in [0.05, 0.1) is 11.6 Å². The first-order valence-electron chi connectivity index (χ1n) is 21.1. The number of hydrogen-bond acceptors (Lipinski definition) is 5. The van der Waals surface area contributed by atoms with Crippen LogP contribution in [0.25, 0.3) is 84.6 Å². The van der Waals surface area contributed by atoms with Gasteiger partial charge in [-0.25, -0.2) is 15.0 Å². The Bertz CT molecular complexity index is 3300. The molecule has 1 aliphatic heterocycles. The standard InChI is InChI=1S/C57H38N4O/c1-4-15-37(16-5-1)39-29-31-40(32-30-39)43-22-13-24-45(36-43)61-49-28-11-10-25-46(49)52-50(61)33-34-51-53(52)47-26-14-27-48(54(47)62-51)57-59-55(41-19-8-3-9-20-41)58-56(60-57)44-23-12-21-42(35-44)38-17-6-2-7-18-38/h1-36,50,52H. The van der Waals surface area contributed by atoms with Gasteiger partial charge in [0.15, 0.2) is 17.5 Å². The van der Waals surface area contributed by atoms with E-state index in [4.69, 9.17) is 19.4 Å². The fraction of sp³-hybridized carbons (Fsp3) is 0.0351. The Hall–Kier alpha value is -8.15. The third-order valence-electron chi connectivity index (χ3n) is 12.3. The Balaban J connectivity index is 0.948. The number of para-hydroxylation sites is 2. The highest BCUT2D eigenvalue weighted by atomic mass is 16.3. The molecule has 1 aliphatic carbocycles. The van der Waals surface area contributed by atoms with Crippen LogP contribution in [-0.4, -0.2) is 21.0 Å². The molecule has 0 saturated heterocycles. The normalized spacial score (nSPS) is 15.0. The monoisotopic (exact) mass is 794 g/mol. The van der Waals surface area contributed by atoms with Crippen molar-refractivity contribution in [2.24, 2.45) is 0 Å². The zero-order valence-corrected chi connectivity index (χ0v) is 33.6. The topological polar surface area (TPSA) is 55.1 Å². The van der Waals surface area contributed by atoms with Crippen LogP contribution >= 0.6 is 0 Å². The molecule has 0 fully saturated rings. The van der Waals surface area contributed by atoms with Gasteiger partial charge in [0, 0.05) is 39.4 Å². The average Bonchev–Trinajstić information content (AvgIpc) is 3.91. The van der Waals surface area contributed by atoms with Gasteiger partial charge in [0.1, 0.15) is 11.3 Å². The molecule has 0 bridgehead atoms. The second-order valence-corrected chi connectivity index (χ2v) is 15.9. The summed E-state index contributed by atoms with van der Waals surface area (Å²) in [5.74, 6) is 2.70. The Morgan fingerprint density at radius 1 is 0.419 bits per heavy atom. The van der Waals surface area contributed by atoms with Gasteiger partial charge < -0.3 is 9.32 Å². The van der Waals surface area contributed by atoms with Gasteiger partial charge in [0.2, 0.25) is 0 Å². The predicted octanol–water partition coefficient (Wildman–Crippen LogP) is 14.3. The van der Waals surface area contributed by atoms with E-state index >= 15 is 0 Å². The van der Waals surface area contributed by atoms with Gasteiger partial charge in [-0.05, 0) is 75.4 Å². The maximum Gasteiger partial charge on any atom is 0.167 e. The zero-order valence-electron chi connectivity index (χ0n) is 33.6. The second kappa shape index (κ2) is 14.8. The number of fused-ring (bicyclic) bond motifs is 7. The summed E-state index contributed by atoms with van der Waals surface area (Å²) < 4.78 is 6.92. The van der Waals surface area contributed by atoms with Crippen LogP contribution in [0, 0.1) is 0 Å². The Kier molecular flexibility index (Phi) is 8.56. The smallest absolute Gasteiger partial charge is 0.167 e. The number of benzene rings is 8. The molecule has 0 spiro atoms. The Labute approximate surface area is 360 Å². The van der Waals surface area contributed by atoms with Crippen LogP contribution < -0.4 is 4.90 Å². The van der Waals surface area contributed by atoms with Gasteiger partial charge in [-0.2, -0.15) is 0 Å². The van der Waals surface area contributed by atoms with E-state index in [-0.39, 0.29) is 12.0 Å². The van der Waals surface area contributed by atoms with Crippen LogP contribution in [0.2, 0.25) is 0 Å². The first-order chi connectivity index (χ1) is 30.7. The van der Waals surface area contributed by atoms with Gasteiger partial charge in [0.25, 0.3) is 0 Å². The first kappa shape index (κ1) is 35.8. The molecule has 12 rings (SSSR count). The van der Waals surface area contributed by atoms with E-state index in [1.807, 2.05) is 36.4 Å². The number of hydrogen-bond donors (Lipinski definition) is 0. The fourth-order valence-corrected chi connectivity index (χ4v) is 9.39. The first-order valence-corrected chi connectivity index (χ1v) is 21.1. The van der Waals surface area contributed by atoms with Crippen molar-refractivity contribution in [1.29, 1.82) is 0 Å². The predicted molar refractivity (Wildman–Crippen MR) is 252 cm³/mol. The highest BCUT2D eigenvalue weighted by Gasteiger charge is 2.43. The number of furan rings is 1. The van der Waals surface area contributed by atoms with E-state index in [0.29, 0.717) is 17.5 Å². The zero-order chi connectivity index (χ0) is 41.0. The lowest BCUT2D eigenvalue weighted by Crippen LogP contribution is -2.30. The largest absolute Gasteiger partial charge is 0.456 e. The van der Waals surface area contributed by atoms with Crippen molar-refractivity contribution in [3.8, 4) is 67.5 Å². The summed E-state index contributed by atoms with van der Waals surface area (Å²) in [7, 11) is 0. The average molecular weight is 795 g/mol. The maximum absolute atomic E-state index is 6.92. The minimum Gasteiger partial charge on any atom is -0.456 e. The lowest BCUT2D eigenvalue weighted by Gasteiger charge is -2.30.